The Morgan fingerprint density at radius 1 is 1.15 bits per heavy atom. The van der Waals surface area contributed by atoms with E-state index in [-0.39, 0.29) is 6.10 Å². The molecule has 0 unspecified atom stereocenters. The number of ether oxygens (including phenoxy) is 1. The first-order valence-corrected chi connectivity index (χ1v) is 8.21. The van der Waals surface area contributed by atoms with E-state index in [1.165, 1.54) is 20.5 Å². The highest BCUT2D eigenvalue weighted by molar-refractivity contribution is 7.19. The molecule has 0 fully saturated rings. The van der Waals surface area contributed by atoms with Crippen LogP contribution in [0.4, 0.5) is 0 Å². The molecule has 2 nitrogen and oxygen atoms in total. The first-order chi connectivity index (χ1) is 9.58. The van der Waals surface area contributed by atoms with Crippen LogP contribution in [0, 0.1) is 5.92 Å². The number of rotatable bonds is 7. The molecule has 110 valence electrons. The van der Waals surface area contributed by atoms with E-state index in [1.807, 2.05) is 11.3 Å². The molecule has 0 spiro atoms. The summed E-state index contributed by atoms with van der Waals surface area (Å²) in [5.74, 6) is 0.680. The van der Waals surface area contributed by atoms with E-state index in [0.29, 0.717) is 12.5 Å². The second-order valence-electron chi connectivity index (χ2n) is 5.88. The summed E-state index contributed by atoms with van der Waals surface area (Å²) in [5.41, 5.74) is 1.36. The number of fused-ring (bicyclic) bond motifs is 1. The minimum atomic E-state index is 0.269. The van der Waals surface area contributed by atoms with Gasteiger partial charge in [-0.15, -0.1) is 11.3 Å². The van der Waals surface area contributed by atoms with Crippen molar-refractivity contribution in [3.8, 4) is 0 Å². The zero-order chi connectivity index (χ0) is 14.5. The van der Waals surface area contributed by atoms with Crippen molar-refractivity contribution in [3.05, 3.63) is 34.7 Å². The van der Waals surface area contributed by atoms with Crippen molar-refractivity contribution in [3.63, 3.8) is 0 Å². The van der Waals surface area contributed by atoms with E-state index in [1.54, 1.807) is 0 Å². The molecule has 1 aromatic carbocycles. The fraction of sp³-hybridized carbons (Fsp3) is 0.529. The molecule has 20 heavy (non-hydrogen) atoms. The molecule has 0 amide bonds. The van der Waals surface area contributed by atoms with Crippen molar-refractivity contribution in [1.29, 1.82) is 0 Å². The monoisotopic (exact) mass is 291 g/mol. The summed E-state index contributed by atoms with van der Waals surface area (Å²) in [6.07, 6.45) is 0.269. The summed E-state index contributed by atoms with van der Waals surface area (Å²) in [5, 5.41) is 4.89. The zero-order valence-corrected chi connectivity index (χ0v) is 13.7. The average Bonchev–Trinajstić information content (AvgIpc) is 2.73. The molecule has 0 aliphatic heterocycles. The maximum Gasteiger partial charge on any atom is 0.0737 e. The van der Waals surface area contributed by atoms with E-state index in [9.17, 15) is 0 Å². The Morgan fingerprint density at radius 2 is 1.90 bits per heavy atom. The quantitative estimate of drug-likeness (QED) is 0.806. The summed E-state index contributed by atoms with van der Waals surface area (Å²) >= 11 is 1.88. The molecule has 0 aliphatic rings. The Bertz CT molecular complexity index is 545. The van der Waals surface area contributed by atoms with Gasteiger partial charge >= 0.3 is 0 Å². The van der Waals surface area contributed by atoms with Gasteiger partial charge in [0.05, 0.1) is 12.7 Å². The molecule has 0 atom stereocenters. The lowest BCUT2D eigenvalue weighted by Gasteiger charge is -2.11. The van der Waals surface area contributed by atoms with E-state index >= 15 is 0 Å². The van der Waals surface area contributed by atoms with Crippen molar-refractivity contribution in [1.82, 2.24) is 5.32 Å². The maximum atomic E-state index is 5.84. The lowest BCUT2D eigenvalue weighted by molar-refractivity contribution is 0.0661. The predicted octanol–water partition coefficient (Wildman–Crippen LogP) is 4.57. The van der Waals surface area contributed by atoms with Crippen LogP contribution in [-0.2, 0) is 17.9 Å². The van der Waals surface area contributed by atoms with Gasteiger partial charge in [0.25, 0.3) is 0 Å². The molecule has 3 heteroatoms. The normalized spacial score (nSPS) is 11.9. The highest BCUT2D eigenvalue weighted by atomic mass is 32.1. The molecule has 2 aromatic rings. The van der Waals surface area contributed by atoms with Crippen LogP contribution in [0.1, 0.15) is 38.1 Å². The van der Waals surface area contributed by atoms with Crippen LogP contribution >= 0.6 is 11.3 Å². The second-order valence-corrected chi connectivity index (χ2v) is 7.02. The summed E-state index contributed by atoms with van der Waals surface area (Å²) in [4.78, 5) is 1.41. The van der Waals surface area contributed by atoms with Crippen LogP contribution < -0.4 is 5.32 Å². The van der Waals surface area contributed by atoms with Gasteiger partial charge in [-0.2, -0.15) is 0 Å². The van der Waals surface area contributed by atoms with E-state index in [4.69, 9.17) is 4.74 Å². The van der Waals surface area contributed by atoms with Gasteiger partial charge in [-0.05, 0) is 37.8 Å². The van der Waals surface area contributed by atoms with Crippen molar-refractivity contribution < 1.29 is 4.74 Å². The van der Waals surface area contributed by atoms with Crippen LogP contribution in [0.3, 0.4) is 0 Å². The SMILES string of the molecule is CC(C)CNCc1sc2ccccc2c1COC(C)C. The van der Waals surface area contributed by atoms with Gasteiger partial charge in [0, 0.05) is 21.7 Å². The number of hydrogen-bond acceptors (Lipinski definition) is 3. The third-order valence-corrected chi connectivity index (χ3v) is 4.39. The van der Waals surface area contributed by atoms with Gasteiger partial charge in [0.2, 0.25) is 0 Å². The summed E-state index contributed by atoms with van der Waals surface area (Å²) in [6.45, 7) is 11.4. The minimum Gasteiger partial charge on any atom is -0.374 e. The summed E-state index contributed by atoms with van der Waals surface area (Å²) in [7, 11) is 0. The van der Waals surface area contributed by atoms with Gasteiger partial charge in [-0.25, -0.2) is 0 Å². The van der Waals surface area contributed by atoms with E-state index < -0.39 is 0 Å². The van der Waals surface area contributed by atoms with Crippen LogP contribution in [0.2, 0.25) is 0 Å². The molecule has 1 N–H and O–H groups in total. The highest BCUT2D eigenvalue weighted by Gasteiger charge is 2.12. The van der Waals surface area contributed by atoms with E-state index in [0.717, 1.165) is 13.1 Å². The molecule has 1 heterocycles. The molecular weight excluding hydrogens is 266 g/mol. The average molecular weight is 291 g/mol. The predicted molar refractivity (Wildman–Crippen MR) is 88.3 cm³/mol. The molecule has 0 radical (unpaired) electrons. The Morgan fingerprint density at radius 3 is 2.60 bits per heavy atom. The smallest absolute Gasteiger partial charge is 0.0737 e. The first-order valence-electron chi connectivity index (χ1n) is 7.39. The Balaban J connectivity index is 2.19. The van der Waals surface area contributed by atoms with Crippen molar-refractivity contribution in [2.75, 3.05) is 6.54 Å². The lowest BCUT2D eigenvalue weighted by atomic mass is 10.1. The molecule has 2 rings (SSSR count). The van der Waals surface area contributed by atoms with Crippen LogP contribution in [0.25, 0.3) is 10.1 Å². The van der Waals surface area contributed by atoms with Crippen LogP contribution in [-0.4, -0.2) is 12.6 Å². The Hall–Kier alpha value is -0.900. The maximum absolute atomic E-state index is 5.84. The van der Waals surface area contributed by atoms with Gasteiger partial charge in [-0.1, -0.05) is 32.0 Å². The standard InChI is InChI=1S/C17H25NOS/c1-12(2)9-18-10-17-15(11-19-13(3)4)14-7-5-6-8-16(14)20-17/h5-8,12-13,18H,9-11H2,1-4H3. The Kier molecular flexibility index (Phi) is 5.58. The fourth-order valence-corrected chi connectivity index (χ4v) is 3.35. The van der Waals surface area contributed by atoms with Crippen LogP contribution in [0.5, 0.6) is 0 Å². The second kappa shape index (κ2) is 7.21. The van der Waals surface area contributed by atoms with E-state index in [2.05, 4.69) is 57.3 Å². The minimum absolute atomic E-state index is 0.269. The number of nitrogens with one attached hydrogen (secondary N) is 1. The fourth-order valence-electron chi connectivity index (χ4n) is 2.17. The summed E-state index contributed by atoms with van der Waals surface area (Å²) in [6, 6.07) is 8.62. The van der Waals surface area contributed by atoms with Gasteiger partial charge in [-0.3, -0.25) is 0 Å². The molecule has 1 aromatic heterocycles. The topological polar surface area (TPSA) is 21.3 Å². The largest absolute Gasteiger partial charge is 0.374 e. The first kappa shape index (κ1) is 15.5. The number of hydrogen-bond donors (Lipinski definition) is 1. The van der Waals surface area contributed by atoms with Gasteiger partial charge in [0.15, 0.2) is 0 Å². The summed E-state index contributed by atoms with van der Waals surface area (Å²) < 4.78 is 7.20. The Labute approximate surface area is 126 Å². The van der Waals surface area contributed by atoms with Crippen molar-refractivity contribution >= 4 is 21.4 Å². The number of thiophene rings is 1. The molecule has 0 aliphatic carbocycles. The van der Waals surface area contributed by atoms with Crippen molar-refractivity contribution in [2.24, 2.45) is 5.92 Å². The van der Waals surface area contributed by atoms with Gasteiger partial charge < -0.3 is 10.1 Å². The molecule has 0 saturated heterocycles. The highest BCUT2D eigenvalue weighted by Crippen LogP contribution is 2.32. The van der Waals surface area contributed by atoms with Gasteiger partial charge in [0.1, 0.15) is 0 Å². The molecule has 0 bridgehead atoms. The third-order valence-electron chi connectivity index (χ3n) is 3.18. The van der Waals surface area contributed by atoms with Crippen LogP contribution in [0.15, 0.2) is 24.3 Å². The molecular formula is C17H25NOS. The number of benzene rings is 1. The third kappa shape index (κ3) is 4.05. The lowest BCUT2D eigenvalue weighted by Crippen LogP contribution is -2.19. The zero-order valence-electron chi connectivity index (χ0n) is 12.9. The van der Waals surface area contributed by atoms with Crippen molar-refractivity contribution in [2.45, 2.75) is 47.0 Å². The molecule has 0 saturated carbocycles.